The first-order valence-electron chi connectivity index (χ1n) is 6.08. The Morgan fingerprint density at radius 3 is 2.53 bits per heavy atom. The van der Waals surface area contributed by atoms with Crippen LogP contribution in [0.5, 0.6) is 5.75 Å². The lowest BCUT2D eigenvalue weighted by molar-refractivity contribution is -0.121. The second-order valence-electron chi connectivity index (χ2n) is 4.22. The Hall–Kier alpha value is -1.51. The normalized spacial score (nSPS) is 11.9. The summed E-state index contributed by atoms with van der Waals surface area (Å²) in [5.41, 5.74) is 1.16. The molecule has 1 N–H and O–H groups in total. The highest BCUT2D eigenvalue weighted by molar-refractivity contribution is 5.76. The van der Waals surface area contributed by atoms with Gasteiger partial charge in [0.25, 0.3) is 0 Å². The van der Waals surface area contributed by atoms with Crippen LogP contribution in [0.15, 0.2) is 24.3 Å². The predicted octanol–water partition coefficient (Wildman–Crippen LogP) is 2.54. The molecule has 0 spiro atoms. The van der Waals surface area contributed by atoms with Gasteiger partial charge in [0, 0.05) is 12.5 Å². The lowest BCUT2D eigenvalue weighted by atomic mass is 10.1. The van der Waals surface area contributed by atoms with Crippen molar-refractivity contribution in [3.05, 3.63) is 29.8 Å². The highest BCUT2D eigenvalue weighted by Crippen LogP contribution is 2.12. The van der Waals surface area contributed by atoms with E-state index in [0.717, 1.165) is 24.2 Å². The molecule has 0 bridgehead atoms. The number of benzene rings is 1. The molecule has 0 heterocycles. The van der Waals surface area contributed by atoms with Gasteiger partial charge < -0.3 is 10.1 Å². The summed E-state index contributed by atoms with van der Waals surface area (Å²) >= 11 is 0. The molecule has 0 saturated heterocycles. The molecule has 1 atom stereocenters. The van der Waals surface area contributed by atoms with Crippen LogP contribution in [0.25, 0.3) is 0 Å². The fourth-order valence-electron chi connectivity index (χ4n) is 1.50. The fourth-order valence-corrected chi connectivity index (χ4v) is 1.50. The van der Waals surface area contributed by atoms with E-state index in [0.29, 0.717) is 6.42 Å². The maximum absolute atomic E-state index is 11.6. The Balaban J connectivity index is 2.36. The van der Waals surface area contributed by atoms with Crippen LogP contribution in [0.3, 0.4) is 0 Å². The number of ether oxygens (including phenoxy) is 1. The summed E-state index contributed by atoms with van der Waals surface area (Å²) in [5.74, 6) is 0.966. The predicted molar refractivity (Wildman–Crippen MR) is 69.2 cm³/mol. The maximum Gasteiger partial charge on any atom is 0.220 e. The SMILES string of the molecule is CCC(C)NC(=O)CCc1ccc(OC)cc1. The number of hydrogen-bond acceptors (Lipinski definition) is 2. The van der Waals surface area contributed by atoms with Crippen LogP contribution in [0, 0.1) is 0 Å². The van der Waals surface area contributed by atoms with Gasteiger partial charge >= 0.3 is 0 Å². The number of hydrogen-bond donors (Lipinski definition) is 1. The van der Waals surface area contributed by atoms with Crippen LogP contribution in [0.1, 0.15) is 32.3 Å². The van der Waals surface area contributed by atoms with Crippen molar-refractivity contribution in [1.29, 1.82) is 0 Å². The third kappa shape index (κ3) is 4.89. The van der Waals surface area contributed by atoms with Crippen molar-refractivity contribution in [3.63, 3.8) is 0 Å². The van der Waals surface area contributed by atoms with Gasteiger partial charge in [0.2, 0.25) is 5.91 Å². The Labute approximate surface area is 103 Å². The molecule has 0 radical (unpaired) electrons. The molecule has 0 aromatic heterocycles. The first-order valence-corrected chi connectivity index (χ1v) is 6.08. The molecule has 3 heteroatoms. The number of rotatable bonds is 6. The van der Waals surface area contributed by atoms with Gasteiger partial charge in [-0.3, -0.25) is 4.79 Å². The standard InChI is InChI=1S/C14H21NO2/c1-4-11(2)15-14(16)10-7-12-5-8-13(17-3)9-6-12/h5-6,8-9,11H,4,7,10H2,1-3H3,(H,15,16). The smallest absolute Gasteiger partial charge is 0.220 e. The van der Waals surface area contributed by atoms with Crippen LogP contribution < -0.4 is 10.1 Å². The third-order valence-corrected chi connectivity index (χ3v) is 2.82. The molecule has 1 amide bonds. The number of amides is 1. The molecule has 1 aromatic rings. The zero-order chi connectivity index (χ0) is 12.7. The van der Waals surface area contributed by atoms with Crippen molar-refractivity contribution in [2.75, 3.05) is 7.11 Å². The van der Waals surface area contributed by atoms with Gasteiger partial charge in [0.05, 0.1) is 7.11 Å². The summed E-state index contributed by atoms with van der Waals surface area (Å²) in [6.07, 6.45) is 2.28. The van der Waals surface area contributed by atoms with Crippen LogP contribution in [0.4, 0.5) is 0 Å². The Kier molecular flexibility index (Phi) is 5.53. The average Bonchev–Trinajstić information content (AvgIpc) is 2.36. The molecule has 1 unspecified atom stereocenters. The van der Waals surface area contributed by atoms with E-state index in [1.54, 1.807) is 7.11 Å². The Bertz CT molecular complexity index is 346. The van der Waals surface area contributed by atoms with Gasteiger partial charge in [-0.1, -0.05) is 19.1 Å². The summed E-state index contributed by atoms with van der Waals surface area (Å²) in [7, 11) is 1.65. The minimum atomic E-state index is 0.121. The average molecular weight is 235 g/mol. The number of nitrogens with one attached hydrogen (secondary N) is 1. The molecular formula is C14H21NO2. The van der Waals surface area contributed by atoms with Crippen LogP contribution >= 0.6 is 0 Å². The fraction of sp³-hybridized carbons (Fsp3) is 0.500. The van der Waals surface area contributed by atoms with Gasteiger partial charge in [-0.15, -0.1) is 0 Å². The monoisotopic (exact) mass is 235 g/mol. The van der Waals surface area contributed by atoms with Crippen LogP contribution in [-0.4, -0.2) is 19.1 Å². The van der Waals surface area contributed by atoms with Gasteiger partial charge in [-0.05, 0) is 37.5 Å². The quantitative estimate of drug-likeness (QED) is 0.823. The second kappa shape index (κ2) is 6.94. The summed E-state index contributed by atoms with van der Waals surface area (Å²) in [4.78, 5) is 11.6. The summed E-state index contributed by atoms with van der Waals surface area (Å²) in [6, 6.07) is 8.09. The molecule has 0 aliphatic carbocycles. The van der Waals surface area contributed by atoms with Gasteiger partial charge in [0.1, 0.15) is 5.75 Å². The molecule has 94 valence electrons. The van der Waals surface area contributed by atoms with Crippen molar-refractivity contribution in [1.82, 2.24) is 5.32 Å². The number of carbonyl (C=O) groups excluding carboxylic acids is 1. The van der Waals surface area contributed by atoms with Gasteiger partial charge in [-0.2, -0.15) is 0 Å². The Morgan fingerprint density at radius 2 is 2.00 bits per heavy atom. The van der Waals surface area contributed by atoms with E-state index in [2.05, 4.69) is 12.2 Å². The summed E-state index contributed by atoms with van der Waals surface area (Å²) in [5, 5.41) is 2.96. The maximum atomic E-state index is 11.6. The summed E-state index contributed by atoms with van der Waals surface area (Å²) in [6.45, 7) is 4.08. The third-order valence-electron chi connectivity index (χ3n) is 2.82. The van der Waals surface area contributed by atoms with E-state index in [-0.39, 0.29) is 11.9 Å². The molecule has 1 aromatic carbocycles. The number of aryl methyl sites for hydroxylation is 1. The molecule has 0 aliphatic heterocycles. The molecule has 1 rings (SSSR count). The van der Waals surface area contributed by atoms with E-state index in [1.165, 1.54) is 0 Å². The van der Waals surface area contributed by atoms with E-state index >= 15 is 0 Å². The van der Waals surface area contributed by atoms with E-state index in [1.807, 2.05) is 31.2 Å². The van der Waals surface area contributed by atoms with Gasteiger partial charge in [0.15, 0.2) is 0 Å². The second-order valence-corrected chi connectivity index (χ2v) is 4.22. The van der Waals surface area contributed by atoms with Crippen molar-refractivity contribution in [2.45, 2.75) is 39.2 Å². The molecule has 0 aliphatic rings. The molecule has 17 heavy (non-hydrogen) atoms. The first-order chi connectivity index (χ1) is 8.15. The van der Waals surface area contributed by atoms with Crippen molar-refractivity contribution in [2.24, 2.45) is 0 Å². The van der Waals surface area contributed by atoms with Crippen LogP contribution in [0.2, 0.25) is 0 Å². The summed E-state index contributed by atoms with van der Waals surface area (Å²) < 4.78 is 5.08. The minimum Gasteiger partial charge on any atom is -0.497 e. The zero-order valence-electron chi connectivity index (χ0n) is 10.8. The number of methoxy groups -OCH3 is 1. The number of carbonyl (C=O) groups is 1. The first kappa shape index (κ1) is 13.6. The van der Waals surface area contributed by atoms with E-state index in [9.17, 15) is 4.79 Å². The van der Waals surface area contributed by atoms with Crippen molar-refractivity contribution >= 4 is 5.91 Å². The lowest BCUT2D eigenvalue weighted by Gasteiger charge is -2.11. The molecular weight excluding hydrogens is 214 g/mol. The van der Waals surface area contributed by atoms with E-state index in [4.69, 9.17) is 4.74 Å². The lowest BCUT2D eigenvalue weighted by Crippen LogP contribution is -2.31. The molecule has 0 fully saturated rings. The molecule has 0 saturated carbocycles. The zero-order valence-corrected chi connectivity index (χ0v) is 10.8. The van der Waals surface area contributed by atoms with Crippen LogP contribution in [-0.2, 0) is 11.2 Å². The highest BCUT2D eigenvalue weighted by Gasteiger charge is 2.05. The highest BCUT2D eigenvalue weighted by atomic mass is 16.5. The Morgan fingerprint density at radius 1 is 1.35 bits per heavy atom. The minimum absolute atomic E-state index is 0.121. The van der Waals surface area contributed by atoms with E-state index < -0.39 is 0 Å². The topological polar surface area (TPSA) is 38.3 Å². The van der Waals surface area contributed by atoms with Crippen molar-refractivity contribution in [3.8, 4) is 5.75 Å². The van der Waals surface area contributed by atoms with Gasteiger partial charge in [-0.25, -0.2) is 0 Å². The largest absolute Gasteiger partial charge is 0.497 e. The molecule has 3 nitrogen and oxygen atoms in total. The van der Waals surface area contributed by atoms with Crippen molar-refractivity contribution < 1.29 is 9.53 Å².